The normalized spacial score (nSPS) is 15.9. The number of ketones is 1. The van der Waals surface area contributed by atoms with E-state index in [1.165, 1.54) is 30.6 Å². The van der Waals surface area contributed by atoms with Gasteiger partial charge in [0.2, 0.25) is 0 Å². The van der Waals surface area contributed by atoms with Crippen LogP contribution in [0.1, 0.15) is 35.4 Å². The summed E-state index contributed by atoms with van der Waals surface area (Å²) >= 11 is 7.18. The van der Waals surface area contributed by atoms with Crippen molar-refractivity contribution in [2.24, 2.45) is 0 Å². The topological polar surface area (TPSA) is 40.5 Å². The van der Waals surface area contributed by atoms with Crippen molar-refractivity contribution in [1.82, 2.24) is 4.90 Å². The average Bonchev–Trinajstić information content (AvgIpc) is 2.70. The quantitative estimate of drug-likeness (QED) is 0.784. The van der Waals surface area contributed by atoms with Crippen LogP contribution >= 0.6 is 22.9 Å². The highest BCUT2D eigenvalue weighted by Gasteiger charge is 2.26. The van der Waals surface area contributed by atoms with Crippen LogP contribution in [-0.2, 0) is 0 Å². The Morgan fingerprint density at radius 3 is 2.78 bits per heavy atom. The van der Waals surface area contributed by atoms with Gasteiger partial charge in [0.25, 0.3) is 0 Å². The molecular formula is C13H18ClNO2S. The Bertz CT molecular complexity index is 403. The molecule has 0 aliphatic heterocycles. The maximum Gasteiger partial charge on any atom is 0.186 e. The molecule has 0 atom stereocenters. The van der Waals surface area contributed by atoms with Gasteiger partial charge in [-0.3, -0.25) is 9.69 Å². The molecule has 1 N–H and O–H groups in total. The monoisotopic (exact) mass is 287 g/mol. The van der Waals surface area contributed by atoms with Gasteiger partial charge in [0.05, 0.1) is 15.8 Å². The second kappa shape index (κ2) is 6.66. The van der Waals surface area contributed by atoms with E-state index in [9.17, 15) is 4.79 Å². The van der Waals surface area contributed by atoms with Crippen molar-refractivity contribution < 1.29 is 9.90 Å². The molecule has 0 radical (unpaired) electrons. The molecular weight excluding hydrogens is 270 g/mol. The largest absolute Gasteiger partial charge is 0.396 e. The van der Waals surface area contributed by atoms with Gasteiger partial charge in [-0.15, -0.1) is 11.3 Å². The third-order valence-corrected chi connectivity index (χ3v) is 4.66. The smallest absolute Gasteiger partial charge is 0.186 e. The van der Waals surface area contributed by atoms with Crippen LogP contribution in [0.3, 0.4) is 0 Å². The molecule has 1 aliphatic rings. The third kappa shape index (κ3) is 3.54. The van der Waals surface area contributed by atoms with Gasteiger partial charge in [-0.1, -0.05) is 18.0 Å². The molecule has 3 nitrogen and oxygen atoms in total. The zero-order valence-electron chi connectivity index (χ0n) is 10.3. The molecule has 1 saturated carbocycles. The van der Waals surface area contributed by atoms with Crippen LogP contribution in [0, 0.1) is 0 Å². The van der Waals surface area contributed by atoms with Gasteiger partial charge >= 0.3 is 0 Å². The van der Waals surface area contributed by atoms with Gasteiger partial charge in [0.1, 0.15) is 0 Å². The lowest BCUT2D eigenvalue weighted by molar-refractivity contribution is 0.0791. The molecule has 100 valence electrons. The highest BCUT2D eigenvalue weighted by Crippen LogP contribution is 2.26. The Morgan fingerprint density at radius 2 is 2.28 bits per heavy atom. The first-order valence-electron chi connectivity index (χ1n) is 6.34. The molecule has 1 aliphatic carbocycles. The van der Waals surface area contributed by atoms with Crippen LogP contribution in [0.15, 0.2) is 12.1 Å². The van der Waals surface area contributed by atoms with E-state index in [1.54, 1.807) is 12.1 Å². The molecule has 18 heavy (non-hydrogen) atoms. The highest BCUT2D eigenvalue weighted by atomic mass is 35.5. The Morgan fingerprint density at radius 1 is 1.50 bits per heavy atom. The van der Waals surface area contributed by atoms with Crippen molar-refractivity contribution in [1.29, 1.82) is 0 Å². The first kappa shape index (κ1) is 14.0. The number of aliphatic hydroxyl groups is 1. The summed E-state index contributed by atoms with van der Waals surface area (Å²) in [6.07, 6.45) is 4.32. The van der Waals surface area contributed by atoms with Crippen molar-refractivity contribution >= 4 is 28.7 Å². The highest BCUT2D eigenvalue weighted by molar-refractivity contribution is 7.18. The maximum absolute atomic E-state index is 12.1. The number of carbonyl (C=O) groups excluding carboxylic acids is 1. The molecule has 0 spiro atoms. The lowest BCUT2D eigenvalue weighted by Crippen LogP contribution is -2.43. The van der Waals surface area contributed by atoms with Crippen LogP contribution in [0.2, 0.25) is 4.34 Å². The van der Waals surface area contributed by atoms with E-state index in [2.05, 4.69) is 4.90 Å². The predicted octanol–water partition coefficient (Wildman–Crippen LogP) is 2.82. The van der Waals surface area contributed by atoms with Crippen molar-refractivity contribution in [2.45, 2.75) is 31.7 Å². The van der Waals surface area contributed by atoms with E-state index >= 15 is 0 Å². The van der Waals surface area contributed by atoms with Gasteiger partial charge in [-0.2, -0.15) is 0 Å². The molecule has 1 aromatic heterocycles. The Hall–Kier alpha value is -0.420. The summed E-state index contributed by atoms with van der Waals surface area (Å²) < 4.78 is 0.656. The molecule has 0 amide bonds. The van der Waals surface area contributed by atoms with E-state index in [0.29, 0.717) is 16.9 Å². The fourth-order valence-electron chi connectivity index (χ4n) is 2.14. The van der Waals surface area contributed by atoms with Crippen molar-refractivity contribution in [2.75, 3.05) is 19.7 Å². The summed E-state index contributed by atoms with van der Waals surface area (Å²) in [4.78, 5) is 15.1. The second-order valence-corrected chi connectivity index (χ2v) is 6.37. The maximum atomic E-state index is 12.1. The Kier molecular flexibility index (Phi) is 5.18. The SMILES string of the molecule is O=C(CN(CCCO)C1CCC1)c1ccc(Cl)s1. The molecule has 5 heteroatoms. The minimum absolute atomic E-state index is 0.136. The number of thiophene rings is 1. The van der Waals surface area contributed by atoms with Gasteiger partial charge in [0, 0.05) is 19.2 Å². The van der Waals surface area contributed by atoms with E-state index in [1.807, 2.05) is 0 Å². The summed E-state index contributed by atoms with van der Waals surface area (Å²) in [6, 6.07) is 4.08. The lowest BCUT2D eigenvalue weighted by atomic mass is 9.91. The summed E-state index contributed by atoms with van der Waals surface area (Å²) in [6.45, 7) is 1.43. The average molecular weight is 288 g/mol. The number of aliphatic hydroxyl groups excluding tert-OH is 1. The zero-order chi connectivity index (χ0) is 13.0. The van der Waals surface area contributed by atoms with E-state index in [-0.39, 0.29) is 12.4 Å². The second-order valence-electron chi connectivity index (χ2n) is 4.66. The fourth-order valence-corrected chi connectivity index (χ4v) is 3.12. The van der Waals surface area contributed by atoms with Crippen LogP contribution in [-0.4, -0.2) is 41.5 Å². The molecule has 1 heterocycles. The van der Waals surface area contributed by atoms with Crippen molar-refractivity contribution in [3.63, 3.8) is 0 Å². The minimum atomic E-state index is 0.136. The Labute approximate surface area is 116 Å². The first-order chi connectivity index (χ1) is 8.70. The van der Waals surface area contributed by atoms with Crippen LogP contribution in [0.4, 0.5) is 0 Å². The van der Waals surface area contributed by atoms with Crippen molar-refractivity contribution in [3.05, 3.63) is 21.3 Å². The first-order valence-corrected chi connectivity index (χ1v) is 7.53. The summed E-state index contributed by atoms with van der Waals surface area (Å²) in [5.41, 5.74) is 0. The fraction of sp³-hybridized carbons (Fsp3) is 0.615. The molecule has 2 rings (SSSR count). The number of rotatable bonds is 7. The standard InChI is InChI=1S/C13H18ClNO2S/c14-13-6-5-12(18-13)11(17)9-15(7-2-8-16)10-3-1-4-10/h5-6,10,16H,1-4,7-9H2. The predicted molar refractivity (Wildman–Crippen MR) is 74.6 cm³/mol. The minimum Gasteiger partial charge on any atom is -0.396 e. The number of carbonyl (C=O) groups is 1. The van der Waals surface area contributed by atoms with E-state index in [0.717, 1.165) is 17.8 Å². The van der Waals surface area contributed by atoms with Crippen LogP contribution < -0.4 is 0 Å². The molecule has 0 aromatic carbocycles. The summed E-state index contributed by atoms with van der Waals surface area (Å²) in [5.74, 6) is 0.136. The van der Waals surface area contributed by atoms with E-state index in [4.69, 9.17) is 16.7 Å². The van der Waals surface area contributed by atoms with Gasteiger partial charge in [-0.05, 0) is 31.4 Å². The van der Waals surface area contributed by atoms with Crippen LogP contribution in [0.25, 0.3) is 0 Å². The van der Waals surface area contributed by atoms with Crippen LogP contribution in [0.5, 0.6) is 0 Å². The number of hydrogen-bond donors (Lipinski definition) is 1. The molecule has 0 saturated heterocycles. The van der Waals surface area contributed by atoms with E-state index < -0.39 is 0 Å². The Balaban J connectivity index is 1.92. The van der Waals surface area contributed by atoms with Crippen molar-refractivity contribution in [3.8, 4) is 0 Å². The number of Topliss-reactive ketones (excluding diaryl/α,β-unsaturated/α-hetero) is 1. The third-order valence-electron chi connectivity index (χ3n) is 3.39. The number of halogens is 1. The number of nitrogens with zero attached hydrogens (tertiary/aromatic N) is 1. The molecule has 0 bridgehead atoms. The molecule has 1 fully saturated rings. The zero-order valence-corrected chi connectivity index (χ0v) is 11.8. The lowest BCUT2D eigenvalue weighted by Gasteiger charge is -2.37. The summed E-state index contributed by atoms with van der Waals surface area (Å²) in [5, 5.41) is 8.92. The number of hydrogen-bond acceptors (Lipinski definition) is 4. The van der Waals surface area contributed by atoms with Gasteiger partial charge in [0.15, 0.2) is 5.78 Å². The summed E-state index contributed by atoms with van der Waals surface area (Å²) in [7, 11) is 0. The molecule has 0 unspecified atom stereocenters. The van der Waals surface area contributed by atoms with Gasteiger partial charge in [-0.25, -0.2) is 0 Å². The van der Waals surface area contributed by atoms with Gasteiger partial charge < -0.3 is 5.11 Å². The molecule has 1 aromatic rings.